The Kier molecular flexibility index (Phi) is 12.8. The van der Waals surface area contributed by atoms with E-state index in [-0.39, 0.29) is 32.5 Å². The third-order valence-corrected chi connectivity index (χ3v) is 26.6. The summed E-state index contributed by atoms with van der Waals surface area (Å²) in [5.41, 5.74) is 42.3. The highest BCUT2D eigenvalue weighted by Crippen LogP contribution is 2.60. The number of hydrogen-bond donors (Lipinski definition) is 0. The molecule has 0 bridgehead atoms. The first kappa shape index (κ1) is 62.9. The second kappa shape index (κ2) is 21.6. The van der Waals surface area contributed by atoms with E-state index in [0.29, 0.717) is 0 Å². The van der Waals surface area contributed by atoms with Gasteiger partial charge in [-0.15, -0.1) is 0 Å². The van der Waals surface area contributed by atoms with Gasteiger partial charge in [-0.05, 0) is 262 Å². The number of benzene rings is 15. The Hall–Kier alpha value is -11.6. The number of rotatable bonds is 8. The average Bonchev–Trinajstić information content (AvgIpc) is 0.965. The third-order valence-electron chi connectivity index (χ3n) is 26.6. The van der Waals surface area contributed by atoms with E-state index in [0.717, 1.165) is 34.1 Å². The topological polar surface area (TPSA) is 6.48 Å². The Balaban J connectivity index is 0.862. The van der Waals surface area contributed by atoms with Crippen LogP contribution in [0, 0.1) is 0 Å². The van der Waals surface area contributed by atoms with E-state index in [1.54, 1.807) is 0 Å². The number of anilines is 6. The molecule has 0 aromatic heterocycles. The summed E-state index contributed by atoms with van der Waals surface area (Å²) in [6.45, 7) is 29.0. The van der Waals surface area contributed by atoms with Gasteiger partial charge in [-0.1, -0.05) is 289 Å². The fourth-order valence-electron chi connectivity index (χ4n) is 21.0. The SMILES string of the molecule is CC1(C)c2ccccc2-c2ccc(-c3c4ccc(N(c5ccc6c(c5)C(C)(C)c5ccccc5-6)c5ccc6c(c5)C(C)(C)c5ccccc5-6)cc4c(-c4ccc5c(c4)C(C)(C)c4ccccc4-5)c4ccc(N(c5ccc6c(c5)C(C)(C)c5ccccc5-6)c5ccc6c(c5)C(C)(C)c5ccccc5-6)cc34)cc21. The van der Waals surface area contributed by atoms with Crippen molar-refractivity contribution in [1.82, 2.24) is 0 Å². The molecule has 0 spiro atoms. The van der Waals surface area contributed by atoms with Crippen LogP contribution in [0.2, 0.25) is 0 Å². The molecule has 6 aliphatic rings. The predicted molar refractivity (Wildman–Crippen MR) is 447 cm³/mol. The van der Waals surface area contributed by atoms with Crippen LogP contribution in [0.3, 0.4) is 0 Å². The van der Waals surface area contributed by atoms with Crippen LogP contribution in [0.5, 0.6) is 0 Å². The summed E-state index contributed by atoms with van der Waals surface area (Å²) in [4.78, 5) is 5.16. The largest absolute Gasteiger partial charge is 0.310 e. The highest BCUT2D eigenvalue weighted by atomic mass is 15.1. The molecular formula is C104H84N2. The van der Waals surface area contributed by atoms with Crippen LogP contribution < -0.4 is 9.80 Å². The van der Waals surface area contributed by atoms with Gasteiger partial charge in [0.2, 0.25) is 0 Å². The fourth-order valence-corrected chi connectivity index (χ4v) is 21.0. The van der Waals surface area contributed by atoms with Crippen molar-refractivity contribution in [3.8, 4) is 89.0 Å². The summed E-state index contributed by atoms with van der Waals surface area (Å²) in [5, 5.41) is 4.82. The highest BCUT2D eigenvalue weighted by molar-refractivity contribution is 6.23. The standard InChI is InChI=1S/C104H84N2/c1-99(2)85-31-19-13-25-69(85)75-45-37-61(53-91(75)99)97-81-51-43-64(106(67-41-49-79-73-29-17-23-35-89(73)103(9,10)95(79)59-67)68-42-50-80-74-30-18-24-36-90(74)104(11,12)96(80)60-68)56-84(81)98(62-38-46-76-70-26-14-20-32-86(70)100(3,4)92(76)54-62)82-52-44-63(55-83(82)97)105(65-39-47-77-71-27-15-21-33-87(71)101(5,6)93(77)57-65)66-40-48-78-72-28-16-22-34-88(72)102(7,8)94(78)58-66/h13-60H,1-12H3. The van der Waals surface area contributed by atoms with E-state index in [4.69, 9.17) is 0 Å². The van der Waals surface area contributed by atoms with Crippen LogP contribution in [0.15, 0.2) is 291 Å². The molecule has 6 aliphatic carbocycles. The van der Waals surface area contributed by atoms with Crippen molar-refractivity contribution in [3.05, 3.63) is 358 Å². The zero-order valence-corrected chi connectivity index (χ0v) is 62.6. The molecule has 2 nitrogen and oxygen atoms in total. The van der Waals surface area contributed by atoms with Gasteiger partial charge in [0, 0.05) is 66.6 Å². The van der Waals surface area contributed by atoms with Gasteiger partial charge in [0.05, 0.1) is 0 Å². The molecule has 2 heteroatoms. The lowest BCUT2D eigenvalue weighted by atomic mass is 9.79. The highest BCUT2D eigenvalue weighted by Gasteiger charge is 2.43. The van der Waals surface area contributed by atoms with Gasteiger partial charge in [0.25, 0.3) is 0 Å². The smallest absolute Gasteiger partial charge is 0.0468 e. The Bertz CT molecular complexity index is 5810. The molecule has 0 saturated carbocycles. The lowest BCUT2D eigenvalue weighted by Gasteiger charge is -2.31. The Morgan fingerprint density at radius 2 is 0.349 bits per heavy atom. The summed E-state index contributed by atoms with van der Waals surface area (Å²) >= 11 is 0. The molecule has 0 atom stereocenters. The summed E-state index contributed by atoms with van der Waals surface area (Å²) in [6, 6.07) is 114. The van der Waals surface area contributed by atoms with Crippen LogP contribution >= 0.6 is 0 Å². The molecule has 0 unspecified atom stereocenters. The second-order valence-corrected chi connectivity index (χ2v) is 34.3. The van der Waals surface area contributed by atoms with Crippen molar-refractivity contribution in [2.75, 3.05) is 9.80 Å². The molecule has 0 aliphatic heterocycles. The number of fused-ring (bicyclic) bond motifs is 20. The molecular weight excluding hydrogens is 1280 g/mol. The molecule has 106 heavy (non-hydrogen) atoms. The molecule has 15 aromatic rings. The summed E-state index contributed by atoms with van der Waals surface area (Å²) < 4.78 is 0. The Morgan fingerprint density at radius 1 is 0.160 bits per heavy atom. The van der Waals surface area contributed by atoms with Gasteiger partial charge in [0.1, 0.15) is 0 Å². The molecule has 510 valence electrons. The Labute approximate surface area is 624 Å². The van der Waals surface area contributed by atoms with Crippen molar-refractivity contribution < 1.29 is 0 Å². The molecule has 0 fully saturated rings. The van der Waals surface area contributed by atoms with Crippen molar-refractivity contribution in [2.45, 2.75) is 116 Å². The molecule has 21 rings (SSSR count). The quantitative estimate of drug-likeness (QED) is 0.140. The fraction of sp³-hybridized carbons (Fsp3) is 0.173. The van der Waals surface area contributed by atoms with Crippen LogP contribution in [0.25, 0.3) is 111 Å². The molecule has 0 saturated heterocycles. The summed E-state index contributed by atoms with van der Waals surface area (Å²) in [7, 11) is 0. The van der Waals surface area contributed by atoms with E-state index < -0.39 is 0 Å². The first-order chi connectivity index (χ1) is 51.1. The van der Waals surface area contributed by atoms with E-state index in [1.165, 1.54) is 177 Å². The van der Waals surface area contributed by atoms with Gasteiger partial charge >= 0.3 is 0 Å². The lowest BCUT2D eigenvalue weighted by Crippen LogP contribution is -2.18. The van der Waals surface area contributed by atoms with E-state index >= 15 is 0 Å². The van der Waals surface area contributed by atoms with Crippen molar-refractivity contribution in [1.29, 1.82) is 0 Å². The van der Waals surface area contributed by atoms with Gasteiger partial charge in [-0.2, -0.15) is 0 Å². The molecule has 0 radical (unpaired) electrons. The van der Waals surface area contributed by atoms with Crippen molar-refractivity contribution in [3.63, 3.8) is 0 Å². The zero-order chi connectivity index (χ0) is 72.0. The minimum atomic E-state index is -0.239. The minimum Gasteiger partial charge on any atom is -0.310 e. The second-order valence-electron chi connectivity index (χ2n) is 34.3. The van der Waals surface area contributed by atoms with E-state index in [1.807, 2.05) is 0 Å². The number of nitrogens with zero attached hydrogens (tertiary/aromatic N) is 2. The first-order valence-electron chi connectivity index (χ1n) is 38.2. The molecule has 0 amide bonds. The van der Waals surface area contributed by atoms with Gasteiger partial charge < -0.3 is 9.80 Å². The predicted octanol–water partition coefficient (Wildman–Crippen LogP) is 28.1. The maximum absolute atomic E-state index is 2.58. The maximum atomic E-state index is 2.58. The van der Waals surface area contributed by atoms with Crippen LogP contribution in [0.4, 0.5) is 34.1 Å². The Morgan fingerprint density at radius 3 is 0.594 bits per heavy atom. The van der Waals surface area contributed by atoms with Gasteiger partial charge in [-0.25, -0.2) is 0 Å². The summed E-state index contributed by atoms with van der Waals surface area (Å²) in [6.07, 6.45) is 0. The molecule has 0 N–H and O–H groups in total. The van der Waals surface area contributed by atoms with Crippen LogP contribution in [0.1, 0.15) is 150 Å². The monoisotopic (exact) mass is 1360 g/mol. The zero-order valence-electron chi connectivity index (χ0n) is 62.6. The van der Waals surface area contributed by atoms with Crippen LogP contribution in [-0.2, 0) is 32.5 Å². The van der Waals surface area contributed by atoms with E-state index in [2.05, 4.69) is 384 Å². The lowest BCUT2D eigenvalue weighted by molar-refractivity contribution is 0.659. The van der Waals surface area contributed by atoms with Gasteiger partial charge in [-0.3, -0.25) is 0 Å². The first-order valence-corrected chi connectivity index (χ1v) is 38.2. The maximum Gasteiger partial charge on any atom is 0.0468 e. The van der Waals surface area contributed by atoms with Crippen molar-refractivity contribution >= 4 is 55.7 Å². The average molecular weight is 1360 g/mol. The van der Waals surface area contributed by atoms with Crippen LogP contribution in [-0.4, -0.2) is 0 Å². The summed E-state index contributed by atoms with van der Waals surface area (Å²) in [5.74, 6) is 0. The normalized spacial score (nSPS) is 16.2. The van der Waals surface area contributed by atoms with Crippen molar-refractivity contribution in [2.24, 2.45) is 0 Å². The van der Waals surface area contributed by atoms with Gasteiger partial charge in [0.15, 0.2) is 0 Å². The molecule has 0 heterocycles. The molecule has 15 aromatic carbocycles. The number of hydrogen-bond acceptors (Lipinski definition) is 2. The van der Waals surface area contributed by atoms with E-state index in [9.17, 15) is 0 Å². The third kappa shape index (κ3) is 8.45. The minimum absolute atomic E-state index is 0.216.